The number of rotatable bonds is 4. The molecule has 1 fully saturated rings. The van der Waals surface area contributed by atoms with Crippen molar-refractivity contribution in [1.29, 1.82) is 0 Å². The van der Waals surface area contributed by atoms with Gasteiger partial charge in [0, 0.05) is 24.5 Å². The zero-order chi connectivity index (χ0) is 16.5. The summed E-state index contributed by atoms with van der Waals surface area (Å²) in [7, 11) is 0. The fourth-order valence-electron chi connectivity index (χ4n) is 3.59. The van der Waals surface area contributed by atoms with E-state index >= 15 is 0 Å². The molecule has 3 heterocycles. The topological polar surface area (TPSA) is 59.8 Å². The second-order valence-corrected chi connectivity index (χ2v) is 7.49. The molecule has 1 saturated carbocycles. The molecule has 3 aromatic rings. The number of nitrogens with one attached hydrogen (secondary N) is 1. The van der Waals surface area contributed by atoms with Gasteiger partial charge in [-0.1, -0.05) is 26.2 Å². The van der Waals surface area contributed by atoms with Gasteiger partial charge in [0.2, 0.25) is 0 Å². The summed E-state index contributed by atoms with van der Waals surface area (Å²) in [5, 5.41) is 4.42. The van der Waals surface area contributed by atoms with Gasteiger partial charge in [-0.25, -0.2) is 9.97 Å². The third kappa shape index (κ3) is 2.59. The van der Waals surface area contributed by atoms with Crippen LogP contribution in [0.1, 0.15) is 51.5 Å². The van der Waals surface area contributed by atoms with E-state index < -0.39 is 0 Å². The van der Waals surface area contributed by atoms with E-state index in [1.165, 1.54) is 30.6 Å². The lowest BCUT2D eigenvalue weighted by atomic mass is 9.95. The second kappa shape index (κ2) is 6.51. The monoisotopic (exact) mass is 342 g/mol. The van der Waals surface area contributed by atoms with E-state index in [2.05, 4.69) is 22.2 Å². The van der Waals surface area contributed by atoms with E-state index in [9.17, 15) is 4.79 Å². The number of fused-ring (bicyclic) bond motifs is 3. The van der Waals surface area contributed by atoms with Crippen LogP contribution in [0.4, 0.5) is 5.69 Å². The van der Waals surface area contributed by atoms with Crippen LogP contribution >= 0.6 is 11.3 Å². The minimum absolute atomic E-state index is 0.0938. The van der Waals surface area contributed by atoms with Gasteiger partial charge in [-0.2, -0.15) is 0 Å². The van der Waals surface area contributed by atoms with Gasteiger partial charge in [0.15, 0.2) is 0 Å². The summed E-state index contributed by atoms with van der Waals surface area (Å²) in [4.78, 5) is 23.0. The normalized spacial score (nSPS) is 16.0. The van der Waals surface area contributed by atoms with Crippen LogP contribution < -0.4 is 10.9 Å². The maximum Gasteiger partial charge on any atom is 0.271 e. The molecule has 0 aliphatic heterocycles. The molecule has 126 valence electrons. The predicted octanol–water partition coefficient (Wildman–Crippen LogP) is 4.33. The van der Waals surface area contributed by atoms with Crippen LogP contribution in [0, 0.1) is 0 Å². The number of nitrogens with zero attached hydrogens (tertiary/aromatic N) is 3. The number of hydrogen-bond acceptors (Lipinski definition) is 5. The highest BCUT2D eigenvalue weighted by Crippen LogP contribution is 2.35. The van der Waals surface area contributed by atoms with Crippen LogP contribution in [0.3, 0.4) is 0 Å². The Morgan fingerprint density at radius 3 is 2.92 bits per heavy atom. The van der Waals surface area contributed by atoms with Gasteiger partial charge in [-0.3, -0.25) is 9.36 Å². The Kier molecular flexibility index (Phi) is 4.22. The smallest absolute Gasteiger partial charge is 0.271 e. The average molecular weight is 342 g/mol. The zero-order valence-electron chi connectivity index (χ0n) is 13.9. The van der Waals surface area contributed by atoms with Gasteiger partial charge in [0.05, 0.1) is 17.2 Å². The molecule has 4 rings (SSSR count). The summed E-state index contributed by atoms with van der Waals surface area (Å²) in [6, 6.07) is 2.28. The van der Waals surface area contributed by atoms with Crippen molar-refractivity contribution in [1.82, 2.24) is 14.5 Å². The van der Waals surface area contributed by atoms with Crippen molar-refractivity contribution in [2.45, 2.75) is 51.5 Å². The van der Waals surface area contributed by atoms with Gasteiger partial charge in [0.25, 0.3) is 5.56 Å². The van der Waals surface area contributed by atoms with E-state index in [-0.39, 0.29) is 5.56 Å². The maximum absolute atomic E-state index is 13.0. The summed E-state index contributed by atoms with van der Waals surface area (Å²) < 4.78 is 2.59. The first kappa shape index (κ1) is 15.6. The minimum Gasteiger partial charge on any atom is -0.384 e. The summed E-state index contributed by atoms with van der Waals surface area (Å²) in [6.07, 6.45) is 10.5. The third-order valence-electron chi connectivity index (χ3n) is 4.84. The quantitative estimate of drug-likeness (QED) is 0.766. The molecule has 0 spiro atoms. The van der Waals surface area contributed by atoms with Crippen LogP contribution in [0.15, 0.2) is 23.4 Å². The van der Waals surface area contributed by atoms with E-state index in [1.807, 2.05) is 10.6 Å². The minimum atomic E-state index is 0.0938. The number of anilines is 1. The lowest BCUT2D eigenvalue weighted by Gasteiger charge is -2.23. The Bertz CT molecular complexity index is 924. The van der Waals surface area contributed by atoms with Crippen LogP contribution in [0.2, 0.25) is 0 Å². The molecule has 1 N–H and O–H groups in total. The molecule has 1 aliphatic carbocycles. The first-order valence-corrected chi connectivity index (χ1v) is 9.63. The molecule has 3 aromatic heterocycles. The van der Waals surface area contributed by atoms with E-state index in [0.717, 1.165) is 51.9 Å². The number of pyridine rings is 1. The average Bonchev–Trinajstić information content (AvgIpc) is 3.01. The Morgan fingerprint density at radius 2 is 2.12 bits per heavy atom. The maximum atomic E-state index is 13.0. The summed E-state index contributed by atoms with van der Waals surface area (Å²) in [5.41, 5.74) is 1.91. The third-order valence-corrected chi connectivity index (χ3v) is 5.92. The second-order valence-electron chi connectivity index (χ2n) is 6.49. The van der Waals surface area contributed by atoms with Crippen molar-refractivity contribution in [3.8, 4) is 0 Å². The molecule has 0 amide bonds. The molecule has 5 nitrogen and oxygen atoms in total. The SMILES string of the molecule is CCCNc1ccnc2sc3c(=O)n(C4CCCCC4)cnc3c12. The molecular weight excluding hydrogens is 320 g/mol. The lowest BCUT2D eigenvalue weighted by molar-refractivity contribution is 0.345. The molecular formula is C18H22N4OS. The first-order chi connectivity index (χ1) is 11.8. The molecule has 1 aliphatic rings. The molecule has 0 bridgehead atoms. The standard InChI is InChI=1S/C18H22N4OS/c1-2-9-19-13-8-10-20-17-14(13)15-16(24-17)18(23)22(11-21-15)12-6-4-3-5-7-12/h8,10-12H,2-7,9H2,1H3,(H,19,20). The summed E-state index contributed by atoms with van der Waals surface area (Å²) >= 11 is 1.47. The van der Waals surface area contributed by atoms with Crippen molar-refractivity contribution in [2.24, 2.45) is 0 Å². The van der Waals surface area contributed by atoms with Gasteiger partial charge >= 0.3 is 0 Å². The van der Waals surface area contributed by atoms with E-state index in [0.29, 0.717) is 6.04 Å². The lowest BCUT2D eigenvalue weighted by Crippen LogP contribution is -2.26. The molecule has 0 radical (unpaired) electrons. The number of hydrogen-bond donors (Lipinski definition) is 1. The fraction of sp³-hybridized carbons (Fsp3) is 0.500. The molecule has 0 saturated heterocycles. The van der Waals surface area contributed by atoms with Gasteiger partial charge in [-0.15, -0.1) is 11.3 Å². The summed E-state index contributed by atoms with van der Waals surface area (Å²) in [5.74, 6) is 0. The van der Waals surface area contributed by atoms with Gasteiger partial charge in [-0.05, 0) is 25.3 Å². The van der Waals surface area contributed by atoms with Crippen LogP contribution in [0.25, 0.3) is 20.4 Å². The summed E-state index contributed by atoms with van der Waals surface area (Å²) in [6.45, 7) is 3.04. The fourth-order valence-corrected chi connectivity index (χ4v) is 4.65. The molecule has 24 heavy (non-hydrogen) atoms. The molecule has 6 heteroatoms. The highest BCUT2D eigenvalue weighted by molar-refractivity contribution is 7.25. The highest BCUT2D eigenvalue weighted by atomic mass is 32.1. The predicted molar refractivity (Wildman–Crippen MR) is 100 cm³/mol. The Balaban J connectivity index is 1.87. The van der Waals surface area contributed by atoms with E-state index in [1.54, 1.807) is 12.5 Å². The van der Waals surface area contributed by atoms with Gasteiger partial charge < -0.3 is 5.32 Å². The van der Waals surface area contributed by atoms with Crippen molar-refractivity contribution < 1.29 is 0 Å². The van der Waals surface area contributed by atoms with Crippen LogP contribution in [-0.4, -0.2) is 21.1 Å². The van der Waals surface area contributed by atoms with Crippen molar-refractivity contribution >= 4 is 37.5 Å². The highest BCUT2D eigenvalue weighted by Gasteiger charge is 2.20. The number of aromatic nitrogens is 3. The molecule has 0 aromatic carbocycles. The first-order valence-electron chi connectivity index (χ1n) is 8.82. The van der Waals surface area contributed by atoms with Crippen LogP contribution in [0.5, 0.6) is 0 Å². The van der Waals surface area contributed by atoms with E-state index in [4.69, 9.17) is 0 Å². The number of thiophene rings is 1. The van der Waals surface area contributed by atoms with Crippen molar-refractivity contribution in [2.75, 3.05) is 11.9 Å². The Labute approximate surface area is 144 Å². The van der Waals surface area contributed by atoms with Crippen molar-refractivity contribution in [3.63, 3.8) is 0 Å². The van der Waals surface area contributed by atoms with Gasteiger partial charge in [0.1, 0.15) is 9.53 Å². The Morgan fingerprint density at radius 1 is 1.29 bits per heavy atom. The Hall–Kier alpha value is -1.95. The van der Waals surface area contributed by atoms with Crippen LogP contribution in [-0.2, 0) is 0 Å². The molecule has 0 unspecified atom stereocenters. The largest absolute Gasteiger partial charge is 0.384 e. The zero-order valence-corrected chi connectivity index (χ0v) is 14.7. The molecule has 0 atom stereocenters. The van der Waals surface area contributed by atoms with Crippen molar-refractivity contribution in [3.05, 3.63) is 28.9 Å².